The standard InChI is InChI=1S/C14H23NO.C12H18N2O.C5H11NO/c1-6-10(2)15-9-13-7-8-14(16-5)12(4)11(13)3;1-3-4-5-7-14-12(15)11-9-10(2)6-8-13-11;1-2-3-4-6-5-7/h7-8,10,15H,6,9H2,1-5H3;5,7,9H,3-4,6,8H2,1-2H3,(H,14,15);5H,2-4H2,1H3,(H,6,7)/b;7-5+;. The third kappa shape index (κ3) is 15.4. The number of nitrogens with zero attached hydrogens (tertiary/aromatic N) is 1. The van der Waals surface area contributed by atoms with Gasteiger partial charge < -0.3 is 20.7 Å². The summed E-state index contributed by atoms with van der Waals surface area (Å²) in [6, 6.07) is 4.77. The first-order valence-corrected chi connectivity index (χ1v) is 14.0. The number of carbonyl (C=O) groups excluding carboxylic acids is 2. The van der Waals surface area contributed by atoms with E-state index in [-0.39, 0.29) is 5.91 Å². The Morgan fingerprint density at radius 1 is 1.13 bits per heavy atom. The molecule has 0 saturated heterocycles. The molecule has 1 aromatic rings. The predicted molar refractivity (Wildman–Crippen MR) is 161 cm³/mol. The van der Waals surface area contributed by atoms with Crippen LogP contribution in [0.25, 0.3) is 0 Å². The van der Waals surface area contributed by atoms with Gasteiger partial charge in [-0.2, -0.15) is 0 Å². The van der Waals surface area contributed by atoms with Gasteiger partial charge in [0, 0.05) is 31.9 Å². The molecule has 1 aromatic carbocycles. The van der Waals surface area contributed by atoms with Gasteiger partial charge in [-0.25, -0.2) is 0 Å². The van der Waals surface area contributed by atoms with Crippen molar-refractivity contribution in [1.82, 2.24) is 16.0 Å². The van der Waals surface area contributed by atoms with Gasteiger partial charge in [0.25, 0.3) is 5.91 Å². The highest BCUT2D eigenvalue weighted by Crippen LogP contribution is 2.23. The Morgan fingerprint density at radius 3 is 2.45 bits per heavy atom. The van der Waals surface area contributed by atoms with Crippen molar-refractivity contribution in [3.63, 3.8) is 0 Å². The van der Waals surface area contributed by atoms with Gasteiger partial charge in [-0.15, -0.1) is 0 Å². The second-order valence-corrected chi connectivity index (χ2v) is 9.46. The number of unbranched alkanes of at least 4 members (excludes halogenated alkanes) is 2. The molecule has 3 N–H and O–H groups in total. The Balaban J connectivity index is 0.000000582. The smallest absolute Gasteiger partial charge is 0.273 e. The van der Waals surface area contributed by atoms with Crippen LogP contribution < -0.4 is 20.7 Å². The van der Waals surface area contributed by atoms with Crippen LogP contribution in [0.15, 0.2) is 41.1 Å². The van der Waals surface area contributed by atoms with Crippen LogP contribution in [0.2, 0.25) is 0 Å². The molecule has 7 nitrogen and oxygen atoms in total. The highest BCUT2D eigenvalue weighted by molar-refractivity contribution is 6.43. The lowest BCUT2D eigenvalue weighted by Gasteiger charge is -2.15. The number of benzene rings is 1. The fourth-order valence-corrected chi connectivity index (χ4v) is 3.33. The summed E-state index contributed by atoms with van der Waals surface area (Å²) in [6.45, 7) is 17.4. The highest BCUT2D eigenvalue weighted by Gasteiger charge is 2.10. The molecule has 0 saturated carbocycles. The number of aliphatic imine (C=N–C) groups is 1. The zero-order valence-corrected chi connectivity index (χ0v) is 25.1. The van der Waals surface area contributed by atoms with Crippen molar-refractivity contribution in [1.29, 1.82) is 0 Å². The van der Waals surface area contributed by atoms with Crippen molar-refractivity contribution in [3.8, 4) is 5.75 Å². The molecular weight excluding hydrogens is 476 g/mol. The normalized spacial score (nSPS) is 13.2. The van der Waals surface area contributed by atoms with Crippen molar-refractivity contribution in [2.45, 2.75) is 99.6 Å². The molecular formula is C31H52N4O3. The van der Waals surface area contributed by atoms with Crippen LogP contribution in [0.3, 0.4) is 0 Å². The first-order chi connectivity index (χ1) is 18.2. The van der Waals surface area contributed by atoms with E-state index in [0.717, 1.165) is 70.3 Å². The summed E-state index contributed by atoms with van der Waals surface area (Å²) in [6.07, 6.45) is 12.7. The fraction of sp³-hybridized carbons (Fsp3) is 0.581. The van der Waals surface area contributed by atoms with Crippen LogP contribution in [0, 0.1) is 13.8 Å². The summed E-state index contributed by atoms with van der Waals surface area (Å²) in [5, 5.41) is 8.79. The molecule has 7 heteroatoms. The van der Waals surface area contributed by atoms with Crippen molar-refractivity contribution in [2.24, 2.45) is 4.99 Å². The number of carbonyl (C=O) groups is 2. The summed E-state index contributed by atoms with van der Waals surface area (Å²) in [5.41, 5.74) is 5.69. The maximum absolute atomic E-state index is 11.6. The van der Waals surface area contributed by atoms with Crippen LogP contribution in [0.1, 0.15) is 89.8 Å². The minimum atomic E-state index is -0.110. The third-order valence-corrected chi connectivity index (χ3v) is 6.27. The molecule has 0 aromatic heterocycles. The van der Waals surface area contributed by atoms with E-state index in [0.29, 0.717) is 11.8 Å². The lowest BCUT2D eigenvalue weighted by molar-refractivity contribution is -0.114. The van der Waals surface area contributed by atoms with E-state index >= 15 is 0 Å². The van der Waals surface area contributed by atoms with Gasteiger partial charge >= 0.3 is 0 Å². The van der Waals surface area contributed by atoms with Gasteiger partial charge in [0.15, 0.2) is 0 Å². The highest BCUT2D eigenvalue weighted by atomic mass is 16.5. The van der Waals surface area contributed by atoms with Gasteiger partial charge in [0.05, 0.1) is 7.11 Å². The molecule has 38 heavy (non-hydrogen) atoms. The van der Waals surface area contributed by atoms with Gasteiger partial charge in [-0.3, -0.25) is 14.6 Å². The number of nitrogens with one attached hydrogen (secondary N) is 3. The molecule has 0 fully saturated rings. The van der Waals surface area contributed by atoms with Crippen molar-refractivity contribution in [3.05, 3.63) is 52.7 Å². The van der Waals surface area contributed by atoms with Crippen molar-refractivity contribution < 1.29 is 14.3 Å². The largest absolute Gasteiger partial charge is 0.496 e. The first-order valence-electron chi connectivity index (χ1n) is 14.0. The molecule has 214 valence electrons. The average Bonchev–Trinajstić information content (AvgIpc) is 2.92. The number of allylic oxidation sites excluding steroid dienone is 1. The Bertz CT molecular complexity index is 907. The summed E-state index contributed by atoms with van der Waals surface area (Å²) in [5.74, 6) is 0.867. The lowest BCUT2D eigenvalue weighted by atomic mass is 10.0. The zero-order chi connectivity index (χ0) is 28.8. The number of methoxy groups -OCH3 is 1. The summed E-state index contributed by atoms with van der Waals surface area (Å²) in [4.78, 5) is 25.3. The van der Waals surface area contributed by atoms with Gasteiger partial charge in [-0.1, -0.05) is 51.3 Å². The molecule has 1 atom stereocenters. The van der Waals surface area contributed by atoms with E-state index in [1.807, 2.05) is 19.1 Å². The van der Waals surface area contributed by atoms with Crippen molar-refractivity contribution >= 4 is 18.0 Å². The maximum atomic E-state index is 11.6. The molecule has 1 aliphatic heterocycles. The molecule has 0 spiro atoms. The SMILES string of the molecule is CCC(C)NCc1ccc(OC)c(C)c1C.CCC/C=C/NC(=O)C1=NCCC(C)=C1.CCCCNC=O. The van der Waals surface area contributed by atoms with Crippen LogP contribution in [0.5, 0.6) is 5.75 Å². The average molecular weight is 529 g/mol. The van der Waals surface area contributed by atoms with Crippen molar-refractivity contribution in [2.75, 3.05) is 20.2 Å². The lowest BCUT2D eigenvalue weighted by Crippen LogP contribution is -2.27. The Kier molecular flexibility index (Phi) is 20.4. The zero-order valence-electron chi connectivity index (χ0n) is 25.1. The van der Waals surface area contributed by atoms with Crippen LogP contribution >= 0.6 is 0 Å². The molecule has 2 amide bonds. The van der Waals surface area contributed by atoms with Crippen LogP contribution in [-0.2, 0) is 16.1 Å². The minimum absolute atomic E-state index is 0.110. The van der Waals surface area contributed by atoms with E-state index in [9.17, 15) is 9.59 Å². The molecule has 2 rings (SSSR count). The molecule has 0 aliphatic carbocycles. The Hall–Kier alpha value is -2.93. The molecule has 1 aliphatic rings. The molecule has 0 bridgehead atoms. The first kappa shape index (κ1) is 35.1. The number of amides is 2. The predicted octanol–water partition coefficient (Wildman–Crippen LogP) is 5.94. The Labute approximate surface area is 231 Å². The second-order valence-electron chi connectivity index (χ2n) is 9.46. The second kappa shape index (κ2) is 22.1. The molecule has 1 unspecified atom stereocenters. The van der Waals surface area contributed by atoms with Gasteiger partial charge in [0.1, 0.15) is 11.5 Å². The third-order valence-electron chi connectivity index (χ3n) is 6.27. The van der Waals surface area contributed by atoms with E-state index in [4.69, 9.17) is 4.74 Å². The van der Waals surface area contributed by atoms with E-state index in [1.165, 1.54) is 22.3 Å². The monoisotopic (exact) mass is 528 g/mol. The van der Waals surface area contributed by atoms with E-state index < -0.39 is 0 Å². The number of ether oxygens (including phenoxy) is 1. The Morgan fingerprint density at radius 2 is 1.87 bits per heavy atom. The number of rotatable bonds is 13. The van der Waals surface area contributed by atoms with Crippen LogP contribution in [0.4, 0.5) is 0 Å². The topological polar surface area (TPSA) is 91.8 Å². The maximum Gasteiger partial charge on any atom is 0.273 e. The summed E-state index contributed by atoms with van der Waals surface area (Å²) >= 11 is 0. The quantitative estimate of drug-likeness (QED) is 0.218. The number of dihydropyridines is 1. The molecule has 1 heterocycles. The van der Waals surface area contributed by atoms with Gasteiger partial charge in [0.2, 0.25) is 6.41 Å². The van der Waals surface area contributed by atoms with E-state index in [1.54, 1.807) is 13.3 Å². The summed E-state index contributed by atoms with van der Waals surface area (Å²) < 4.78 is 5.31. The van der Waals surface area contributed by atoms with Gasteiger partial charge in [-0.05, 0) is 82.2 Å². The number of hydrogen-bond acceptors (Lipinski definition) is 5. The number of hydrogen-bond donors (Lipinski definition) is 3. The fourth-order valence-electron chi connectivity index (χ4n) is 3.33. The summed E-state index contributed by atoms with van der Waals surface area (Å²) in [7, 11) is 1.72. The van der Waals surface area contributed by atoms with Crippen LogP contribution in [-0.4, -0.2) is 44.3 Å². The van der Waals surface area contributed by atoms with E-state index in [2.05, 4.69) is 74.6 Å². The molecule has 0 radical (unpaired) electrons. The minimum Gasteiger partial charge on any atom is -0.496 e.